The smallest absolute Gasteiger partial charge is 0.436 e. The van der Waals surface area contributed by atoms with E-state index in [1.54, 1.807) is 37.4 Å². The molecule has 4 aromatic rings. The van der Waals surface area contributed by atoms with E-state index in [1.807, 2.05) is 0 Å². The summed E-state index contributed by atoms with van der Waals surface area (Å²) in [6, 6.07) is 17.0. The Morgan fingerprint density at radius 1 is 1.02 bits per heavy atom. The Balaban J connectivity index is 1.44. The van der Waals surface area contributed by atoms with Crippen molar-refractivity contribution < 1.29 is 41.7 Å². The molecular weight excluding hydrogens is 567 g/mol. The second kappa shape index (κ2) is 11.0. The van der Waals surface area contributed by atoms with Gasteiger partial charge in [-0.25, -0.2) is 4.79 Å². The van der Waals surface area contributed by atoms with E-state index in [-0.39, 0.29) is 30.5 Å². The van der Waals surface area contributed by atoms with Gasteiger partial charge in [0.1, 0.15) is 11.6 Å². The fourth-order valence-corrected chi connectivity index (χ4v) is 4.33. The number of benzene rings is 3. The number of alkyl halides is 3. The van der Waals surface area contributed by atoms with Gasteiger partial charge in [-0.05, 0) is 48.0 Å². The minimum atomic E-state index is -4.87. The third-order valence-electron chi connectivity index (χ3n) is 6.19. The first kappa shape index (κ1) is 27.8. The van der Waals surface area contributed by atoms with Crippen molar-refractivity contribution in [2.24, 2.45) is 0 Å². The quantitative estimate of drug-likeness (QED) is 0.248. The van der Waals surface area contributed by atoms with Gasteiger partial charge in [0.15, 0.2) is 17.2 Å². The van der Waals surface area contributed by atoms with Crippen molar-refractivity contribution in [1.29, 1.82) is 0 Å². The molecule has 41 heavy (non-hydrogen) atoms. The molecule has 1 amide bonds. The SMILES string of the molecule is COC(=O)c1ccc(COc2c(Cl)c(C(F)(F)F)nn2-c2cccc(C(=O)N(C)c3ccc4c(c3)OCO4)c2)cc1. The van der Waals surface area contributed by atoms with Gasteiger partial charge >= 0.3 is 12.1 Å². The number of ether oxygens (including phenoxy) is 4. The van der Waals surface area contributed by atoms with Crippen LogP contribution in [0.25, 0.3) is 5.69 Å². The number of methoxy groups -OCH3 is 1. The van der Waals surface area contributed by atoms with Crippen LogP contribution >= 0.6 is 11.6 Å². The van der Waals surface area contributed by atoms with Crippen LogP contribution in [0.3, 0.4) is 0 Å². The molecule has 1 aliphatic heterocycles. The van der Waals surface area contributed by atoms with E-state index in [4.69, 9.17) is 25.8 Å². The number of rotatable bonds is 7. The van der Waals surface area contributed by atoms with Crippen LogP contribution in [0, 0.1) is 0 Å². The molecule has 0 N–H and O–H groups in total. The maximum absolute atomic E-state index is 13.7. The van der Waals surface area contributed by atoms with Gasteiger partial charge in [-0.3, -0.25) is 4.79 Å². The lowest BCUT2D eigenvalue weighted by Gasteiger charge is -2.18. The fraction of sp³-hybridized carbons (Fsp3) is 0.179. The second-order valence-electron chi connectivity index (χ2n) is 8.81. The fourth-order valence-electron chi connectivity index (χ4n) is 4.05. The molecule has 13 heteroatoms. The first-order chi connectivity index (χ1) is 19.6. The maximum atomic E-state index is 13.7. The van der Waals surface area contributed by atoms with Gasteiger partial charge < -0.3 is 23.8 Å². The lowest BCUT2D eigenvalue weighted by Crippen LogP contribution is -2.26. The van der Waals surface area contributed by atoms with Crippen LogP contribution in [0.1, 0.15) is 32.0 Å². The summed E-state index contributed by atoms with van der Waals surface area (Å²) in [5, 5.41) is 2.93. The summed E-state index contributed by atoms with van der Waals surface area (Å²) in [5.41, 5.74) is 0.309. The molecule has 0 spiro atoms. The summed E-state index contributed by atoms with van der Waals surface area (Å²) in [5.74, 6) is -0.298. The molecule has 2 heterocycles. The lowest BCUT2D eigenvalue weighted by molar-refractivity contribution is -0.141. The molecule has 3 aromatic carbocycles. The van der Waals surface area contributed by atoms with Crippen LogP contribution in [0.4, 0.5) is 18.9 Å². The maximum Gasteiger partial charge on any atom is 0.436 e. The van der Waals surface area contributed by atoms with E-state index < -0.39 is 28.8 Å². The third-order valence-corrected chi connectivity index (χ3v) is 6.53. The highest BCUT2D eigenvalue weighted by Gasteiger charge is 2.40. The molecule has 0 saturated carbocycles. The molecule has 1 aliphatic rings. The number of nitrogens with zero attached hydrogens (tertiary/aromatic N) is 3. The molecular formula is C28H21ClF3N3O6. The van der Waals surface area contributed by atoms with Gasteiger partial charge in [0.05, 0.1) is 18.4 Å². The van der Waals surface area contributed by atoms with Crippen LogP contribution in [-0.4, -0.2) is 42.6 Å². The predicted octanol–water partition coefficient (Wildman–Crippen LogP) is 5.92. The summed E-state index contributed by atoms with van der Waals surface area (Å²) >= 11 is 6.11. The summed E-state index contributed by atoms with van der Waals surface area (Å²) < 4.78 is 63.1. The minimum Gasteiger partial charge on any atom is -0.472 e. The van der Waals surface area contributed by atoms with Gasteiger partial charge in [0, 0.05) is 24.4 Å². The van der Waals surface area contributed by atoms with Crippen LogP contribution in [0.15, 0.2) is 66.7 Å². The predicted molar refractivity (Wildman–Crippen MR) is 141 cm³/mol. The van der Waals surface area contributed by atoms with Crippen molar-refractivity contribution in [3.05, 3.63) is 94.1 Å². The van der Waals surface area contributed by atoms with E-state index in [0.29, 0.717) is 28.3 Å². The average Bonchev–Trinajstić information content (AvgIpc) is 3.58. The van der Waals surface area contributed by atoms with Crippen molar-refractivity contribution >= 4 is 29.2 Å². The number of hydrogen-bond acceptors (Lipinski definition) is 7. The van der Waals surface area contributed by atoms with Crippen LogP contribution < -0.4 is 19.1 Å². The normalized spacial score (nSPS) is 12.2. The minimum absolute atomic E-state index is 0.0774. The average molecular weight is 588 g/mol. The van der Waals surface area contributed by atoms with Crippen molar-refractivity contribution in [1.82, 2.24) is 9.78 Å². The summed E-state index contributed by atoms with van der Waals surface area (Å²) in [7, 11) is 2.80. The molecule has 0 aliphatic carbocycles. The van der Waals surface area contributed by atoms with E-state index in [1.165, 1.54) is 48.4 Å². The Hall–Kier alpha value is -4.71. The molecule has 0 unspecified atom stereocenters. The molecule has 0 atom stereocenters. The number of carbonyl (C=O) groups excluding carboxylic acids is 2. The molecule has 0 radical (unpaired) electrons. The van der Waals surface area contributed by atoms with E-state index in [2.05, 4.69) is 9.84 Å². The first-order valence-electron chi connectivity index (χ1n) is 12.0. The second-order valence-corrected chi connectivity index (χ2v) is 9.18. The summed E-state index contributed by atoms with van der Waals surface area (Å²) in [4.78, 5) is 26.3. The zero-order valence-corrected chi connectivity index (χ0v) is 22.3. The number of halogens is 4. The summed E-state index contributed by atoms with van der Waals surface area (Å²) in [6.07, 6.45) is -4.87. The van der Waals surface area contributed by atoms with E-state index in [9.17, 15) is 22.8 Å². The van der Waals surface area contributed by atoms with E-state index >= 15 is 0 Å². The molecule has 5 rings (SSSR count). The Morgan fingerprint density at radius 3 is 2.46 bits per heavy atom. The van der Waals surface area contributed by atoms with Crippen molar-refractivity contribution in [3.63, 3.8) is 0 Å². The van der Waals surface area contributed by atoms with Crippen LogP contribution in [-0.2, 0) is 17.5 Å². The lowest BCUT2D eigenvalue weighted by atomic mass is 10.1. The highest BCUT2D eigenvalue weighted by atomic mass is 35.5. The van der Waals surface area contributed by atoms with Crippen molar-refractivity contribution in [2.75, 3.05) is 25.9 Å². The summed E-state index contributed by atoms with van der Waals surface area (Å²) in [6.45, 7) is -0.107. The molecule has 212 valence electrons. The number of esters is 1. The van der Waals surface area contributed by atoms with Crippen molar-refractivity contribution in [3.8, 4) is 23.1 Å². The topological polar surface area (TPSA) is 92.1 Å². The molecule has 0 saturated heterocycles. The zero-order chi connectivity index (χ0) is 29.3. The zero-order valence-electron chi connectivity index (χ0n) is 21.6. The molecule has 9 nitrogen and oxygen atoms in total. The standard InChI is InChI=1S/C28H21ClF3N3O6/c1-34(19-10-11-21-22(13-19)41-15-40-21)25(36)18-4-3-5-20(12-18)35-26(23(29)24(33-35)28(30,31)32)39-14-16-6-8-17(9-7-16)27(37)38-2/h3-13H,14-15H2,1-2H3. The van der Waals surface area contributed by atoms with E-state index in [0.717, 1.165) is 4.68 Å². The highest BCUT2D eigenvalue weighted by molar-refractivity contribution is 6.32. The number of aromatic nitrogens is 2. The molecule has 0 bridgehead atoms. The van der Waals surface area contributed by atoms with Gasteiger partial charge in [0.25, 0.3) is 5.91 Å². The molecule has 0 fully saturated rings. The number of hydrogen-bond donors (Lipinski definition) is 0. The van der Waals surface area contributed by atoms with Crippen LogP contribution in [0.5, 0.6) is 17.4 Å². The van der Waals surface area contributed by atoms with Gasteiger partial charge in [-0.15, -0.1) is 0 Å². The van der Waals surface area contributed by atoms with Gasteiger partial charge in [0.2, 0.25) is 12.7 Å². The van der Waals surface area contributed by atoms with Gasteiger partial charge in [-0.1, -0.05) is 29.8 Å². The Morgan fingerprint density at radius 2 is 1.76 bits per heavy atom. The van der Waals surface area contributed by atoms with Crippen LogP contribution in [0.2, 0.25) is 5.02 Å². The molecule has 1 aromatic heterocycles. The monoisotopic (exact) mass is 587 g/mol. The highest BCUT2D eigenvalue weighted by Crippen LogP contribution is 2.41. The van der Waals surface area contributed by atoms with Crippen molar-refractivity contribution in [2.45, 2.75) is 12.8 Å². The van der Waals surface area contributed by atoms with Gasteiger partial charge in [-0.2, -0.15) is 23.0 Å². The number of anilines is 1. The number of amides is 1. The number of carbonyl (C=O) groups is 2. The third kappa shape index (κ3) is 5.64. The largest absolute Gasteiger partial charge is 0.472 e. The Kier molecular flexibility index (Phi) is 7.50. The Labute approximate surface area is 236 Å². The first-order valence-corrected chi connectivity index (χ1v) is 12.4. The number of fused-ring (bicyclic) bond motifs is 1. The Bertz CT molecular complexity index is 1620.